The van der Waals surface area contributed by atoms with E-state index < -0.39 is 0 Å². The third-order valence-electron chi connectivity index (χ3n) is 5.22. The Bertz CT molecular complexity index is 981. The predicted molar refractivity (Wildman–Crippen MR) is 107 cm³/mol. The van der Waals surface area contributed by atoms with Crippen LogP contribution < -0.4 is 9.88 Å². The number of ketones is 1. The van der Waals surface area contributed by atoms with Gasteiger partial charge in [-0.25, -0.2) is 0 Å². The molecule has 1 heterocycles. The molecule has 1 aliphatic carbocycles. The summed E-state index contributed by atoms with van der Waals surface area (Å²) in [6.45, 7) is 0.235. The van der Waals surface area contributed by atoms with Crippen molar-refractivity contribution < 1.29 is 14.2 Å². The fourth-order valence-electron chi connectivity index (χ4n) is 3.78. The van der Waals surface area contributed by atoms with Gasteiger partial charge in [-0.2, -0.15) is 4.57 Å². The largest absolute Gasteiger partial charge is 0.344 e. The van der Waals surface area contributed by atoms with Crippen molar-refractivity contribution in [1.29, 1.82) is 0 Å². The molecule has 0 aliphatic heterocycles. The van der Waals surface area contributed by atoms with Crippen LogP contribution in [0.4, 0.5) is 0 Å². The Balaban J connectivity index is 1.40. The molecule has 0 spiro atoms. The molecule has 0 bridgehead atoms. The fourth-order valence-corrected chi connectivity index (χ4v) is 3.78. The van der Waals surface area contributed by atoms with Gasteiger partial charge in [-0.1, -0.05) is 54.6 Å². The summed E-state index contributed by atoms with van der Waals surface area (Å²) in [6, 6.07) is 21.1. The van der Waals surface area contributed by atoms with Crippen LogP contribution in [0.25, 0.3) is 0 Å². The minimum absolute atomic E-state index is 0.0176. The Hall–Kier alpha value is -3.27. The second kappa shape index (κ2) is 8.17. The summed E-state index contributed by atoms with van der Waals surface area (Å²) in [7, 11) is 0. The second-order valence-corrected chi connectivity index (χ2v) is 7.17. The summed E-state index contributed by atoms with van der Waals surface area (Å²) in [6.07, 6.45) is 6.70. The molecule has 3 aromatic rings. The van der Waals surface area contributed by atoms with Crippen LogP contribution in [0.15, 0.2) is 79.1 Å². The molecule has 4 nitrogen and oxygen atoms in total. The first-order chi connectivity index (χ1) is 13.7. The first-order valence-corrected chi connectivity index (χ1v) is 9.67. The standard InChI is InChI=1S/C24H22N2O2/c27-23(25-22-12-6-10-18-7-4-5-11-21(18)22)17-26-15-13-20(14-16-26)24(28)19-8-2-1-3-9-19/h1-5,7-9,11,13-16,22H,6,10,12,17H2/p+1/t22-/m1/s1. The smallest absolute Gasteiger partial charge is 0.286 e. The number of nitrogens with zero attached hydrogens (tertiary/aromatic N) is 1. The van der Waals surface area contributed by atoms with Gasteiger partial charge in [0.25, 0.3) is 5.91 Å². The van der Waals surface area contributed by atoms with Crippen molar-refractivity contribution in [2.45, 2.75) is 31.8 Å². The van der Waals surface area contributed by atoms with Crippen LogP contribution in [0.3, 0.4) is 0 Å². The molecule has 1 aliphatic rings. The molecule has 1 N–H and O–H groups in total. The Labute approximate surface area is 164 Å². The third kappa shape index (κ3) is 4.01. The van der Waals surface area contributed by atoms with Crippen molar-refractivity contribution >= 4 is 11.7 Å². The second-order valence-electron chi connectivity index (χ2n) is 7.17. The van der Waals surface area contributed by atoms with Crippen molar-refractivity contribution in [2.75, 3.05) is 0 Å². The average Bonchev–Trinajstić information content (AvgIpc) is 2.75. The molecule has 1 atom stereocenters. The number of benzene rings is 2. The highest BCUT2D eigenvalue weighted by Gasteiger charge is 2.22. The number of amides is 1. The zero-order chi connectivity index (χ0) is 19.3. The molecule has 4 rings (SSSR count). The number of aromatic nitrogens is 1. The van der Waals surface area contributed by atoms with Crippen molar-refractivity contribution in [1.82, 2.24) is 5.32 Å². The van der Waals surface area contributed by atoms with E-state index in [1.165, 1.54) is 11.1 Å². The Morgan fingerprint density at radius 2 is 1.57 bits per heavy atom. The molecule has 0 saturated heterocycles. The van der Waals surface area contributed by atoms with Crippen molar-refractivity contribution in [3.05, 3.63) is 101 Å². The summed E-state index contributed by atoms with van der Waals surface area (Å²) in [4.78, 5) is 25.0. The van der Waals surface area contributed by atoms with Crippen LogP contribution in [0.2, 0.25) is 0 Å². The normalized spacial score (nSPS) is 15.5. The Morgan fingerprint density at radius 1 is 0.893 bits per heavy atom. The SMILES string of the molecule is O=C(C[n+]1ccc(C(=O)c2ccccc2)cc1)N[C@@H]1CCCc2ccccc21. The van der Waals surface area contributed by atoms with E-state index in [0.717, 1.165) is 19.3 Å². The van der Waals surface area contributed by atoms with Gasteiger partial charge in [-0.15, -0.1) is 0 Å². The van der Waals surface area contributed by atoms with E-state index in [-0.39, 0.29) is 24.3 Å². The molecule has 4 heteroatoms. The lowest BCUT2D eigenvalue weighted by Crippen LogP contribution is -2.44. The zero-order valence-electron chi connectivity index (χ0n) is 15.7. The number of carbonyl (C=O) groups excluding carboxylic acids is 2. The Kier molecular flexibility index (Phi) is 5.29. The molecule has 1 aromatic heterocycles. The number of nitrogens with one attached hydrogen (secondary N) is 1. The minimum Gasteiger partial charge on any atom is -0.344 e. The van der Waals surface area contributed by atoms with Gasteiger partial charge in [0, 0.05) is 23.3 Å². The number of rotatable bonds is 5. The van der Waals surface area contributed by atoms with Crippen molar-refractivity contribution in [3.63, 3.8) is 0 Å². The number of carbonyl (C=O) groups is 2. The highest BCUT2D eigenvalue weighted by Crippen LogP contribution is 2.29. The van der Waals surface area contributed by atoms with E-state index in [1.807, 2.05) is 24.3 Å². The quantitative estimate of drug-likeness (QED) is 0.552. The van der Waals surface area contributed by atoms with Crippen LogP contribution in [0.1, 0.15) is 45.9 Å². The number of pyridine rings is 1. The van der Waals surface area contributed by atoms with E-state index in [0.29, 0.717) is 11.1 Å². The maximum absolute atomic E-state index is 12.5. The van der Waals surface area contributed by atoms with Gasteiger partial charge in [-0.05, 0) is 30.4 Å². The van der Waals surface area contributed by atoms with Gasteiger partial charge >= 0.3 is 0 Å². The van der Waals surface area contributed by atoms with Gasteiger partial charge < -0.3 is 5.32 Å². The molecule has 2 aromatic carbocycles. The maximum atomic E-state index is 12.5. The minimum atomic E-state index is -0.0196. The highest BCUT2D eigenvalue weighted by molar-refractivity contribution is 6.08. The first-order valence-electron chi connectivity index (χ1n) is 9.67. The van der Waals surface area contributed by atoms with E-state index in [1.54, 1.807) is 41.2 Å². The lowest BCUT2D eigenvalue weighted by molar-refractivity contribution is -0.684. The molecule has 28 heavy (non-hydrogen) atoms. The predicted octanol–water partition coefficient (Wildman–Crippen LogP) is 3.40. The average molecular weight is 371 g/mol. The lowest BCUT2D eigenvalue weighted by atomic mass is 9.88. The molecule has 140 valence electrons. The van der Waals surface area contributed by atoms with Crippen LogP contribution in [-0.4, -0.2) is 11.7 Å². The first kappa shape index (κ1) is 18.1. The Morgan fingerprint density at radius 3 is 2.36 bits per heavy atom. The van der Waals surface area contributed by atoms with Gasteiger partial charge in [0.05, 0.1) is 6.04 Å². The van der Waals surface area contributed by atoms with Crippen molar-refractivity contribution in [2.24, 2.45) is 0 Å². The van der Waals surface area contributed by atoms with Gasteiger partial charge in [0.1, 0.15) is 0 Å². The van der Waals surface area contributed by atoms with Gasteiger partial charge in [0.15, 0.2) is 18.2 Å². The van der Waals surface area contributed by atoms with E-state index >= 15 is 0 Å². The number of fused-ring (bicyclic) bond motifs is 1. The molecule has 0 saturated carbocycles. The number of hydrogen-bond donors (Lipinski definition) is 1. The monoisotopic (exact) mass is 371 g/mol. The maximum Gasteiger partial charge on any atom is 0.286 e. The highest BCUT2D eigenvalue weighted by atomic mass is 16.2. The summed E-state index contributed by atoms with van der Waals surface area (Å²) in [5.41, 5.74) is 3.84. The third-order valence-corrected chi connectivity index (χ3v) is 5.22. The zero-order valence-corrected chi connectivity index (χ0v) is 15.7. The van der Waals surface area contributed by atoms with E-state index in [4.69, 9.17) is 0 Å². The molecule has 0 radical (unpaired) electrons. The van der Waals surface area contributed by atoms with Crippen LogP contribution in [0.5, 0.6) is 0 Å². The summed E-state index contributed by atoms with van der Waals surface area (Å²) in [5.74, 6) is -0.0372. The number of aryl methyl sites for hydroxylation is 1. The molecule has 0 fully saturated rings. The summed E-state index contributed by atoms with van der Waals surface area (Å²) < 4.78 is 1.80. The summed E-state index contributed by atoms with van der Waals surface area (Å²) in [5, 5.41) is 3.16. The van der Waals surface area contributed by atoms with Crippen LogP contribution in [0, 0.1) is 0 Å². The van der Waals surface area contributed by atoms with Gasteiger partial charge in [0.2, 0.25) is 6.54 Å². The fraction of sp³-hybridized carbons (Fsp3) is 0.208. The molecule has 1 amide bonds. The summed E-state index contributed by atoms with van der Waals surface area (Å²) >= 11 is 0. The van der Waals surface area contributed by atoms with Crippen LogP contribution >= 0.6 is 0 Å². The van der Waals surface area contributed by atoms with E-state index in [9.17, 15) is 9.59 Å². The lowest BCUT2D eigenvalue weighted by Gasteiger charge is -2.25. The van der Waals surface area contributed by atoms with Gasteiger partial charge in [-0.3, -0.25) is 9.59 Å². The molecular weight excluding hydrogens is 348 g/mol. The van der Waals surface area contributed by atoms with Crippen molar-refractivity contribution in [3.8, 4) is 0 Å². The molecule has 0 unspecified atom stereocenters. The topological polar surface area (TPSA) is 50.0 Å². The van der Waals surface area contributed by atoms with E-state index in [2.05, 4.69) is 23.5 Å². The number of hydrogen-bond acceptors (Lipinski definition) is 2. The molecular formula is C24H23N2O2+. The van der Waals surface area contributed by atoms with Crippen LogP contribution in [-0.2, 0) is 17.8 Å².